The molecule has 0 atom stereocenters. The molecule has 0 saturated heterocycles. The predicted molar refractivity (Wildman–Crippen MR) is 62.1 cm³/mol. The molecule has 6 heteroatoms. The highest BCUT2D eigenvalue weighted by atomic mass is 19.4. The maximum atomic E-state index is 12.6. The number of hydrogen-bond donors (Lipinski definition) is 0. The lowest BCUT2D eigenvalue weighted by molar-refractivity contribution is -0.141. The van der Waals surface area contributed by atoms with Gasteiger partial charge < -0.3 is 4.90 Å². The molecule has 1 heterocycles. The lowest BCUT2D eigenvalue weighted by Crippen LogP contribution is -2.22. The SMILES string of the molecule is CCCCN(C)c1nc(C(F)(F)F)ccc1C#N. The molecule has 0 saturated carbocycles. The number of unbranched alkanes of at least 4 members (excludes halogenated alkanes) is 1. The summed E-state index contributed by atoms with van der Waals surface area (Å²) in [5.41, 5.74) is -0.818. The van der Waals surface area contributed by atoms with E-state index in [9.17, 15) is 13.2 Å². The number of anilines is 1. The molecule has 0 fully saturated rings. The van der Waals surface area contributed by atoms with Gasteiger partial charge in [0.05, 0.1) is 5.56 Å². The van der Waals surface area contributed by atoms with Crippen molar-refractivity contribution in [3.63, 3.8) is 0 Å². The van der Waals surface area contributed by atoms with Crippen molar-refractivity contribution in [2.75, 3.05) is 18.5 Å². The van der Waals surface area contributed by atoms with Gasteiger partial charge in [-0.15, -0.1) is 0 Å². The van der Waals surface area contributed by atoms with Crippen LogP contribution in [-0.4, -0.2) is 18.6 Å². The van der Waals surface area contributed by atoms with Gasteiger partial charge in [0, 0.05) is 13.6 Å². The number of nitriles is 1. The van der Waals surface area contributed by atoms with Crippen LogP contribution in [0.15, 0.2) is 12.1 Å². The predicted octanol–water partition coefficient (Wildman–Crippen LogP) is 3.21. The fourth-order valence-corrected chi connectivity index (χ4v) is 1.49. The third kappa shape index (κ3) is 3.36. The van der Waals surface area contributed by atoms with E-state index in [1.54, 1.807) is 11.9 Å². The number of halogens is 3. The summed E-state index contributed by atoms with van der Waals surface area (Å²) in [6.45, 7) is 2.55. The summed E-state index contributed by atoms with van der Waals surface area (Å²) in [6, 6.07) is 3.85. The number of alkyl halides is 3. The van der Waals surface area contributed by atoms with Gasteiger partial charge >= 0.3 is 6.18 Å². The van der Waals surface area contributed by atoms with Crippen LogP contribution in [-0.2, 0) is 6.18 Å². The summed E-state index contributed by atoms with van der Waals surface area (Å²) in [5, 5.41) is 8.89. The van der Waals surface area contributed by atoms with Crippen LogP contribution in [0.4, 0.5) is 19.0 Å². The maximum absolute atomic E-state index is 12.6. The Balaban J connectivity index is 3.11. The number of hydrogen-bond acceptors (Lipinski definition) is 3. The molecule has 0 spiro atoms. The first-order valence-corrected chi connectivity index (χ1v) is 5.59. The summed E-state index contributed by atoms with van der Waals surface area (Å²) in [5.74, 6) is 0.0841. The standard InChI is InChI=1S/C12H14F3N3/c1-3-4-7-18(2)11-9(8-16)5-6-10(17-11)12(13,14)15/h5-6H,3-4,7H2,1-2H3. The number of pyridine rings is 1. The highest BCUT2D eigenvalue weighted by Crippen LogP contribution is 2.30. The third-order valence-electron chi connectivity index (χ3n) is 2.49. The summed E-state index contributed by atoms with van der Waals surface area (Å²) in [4.78, 5) is 5.13. The third-order valence-corrected chi connectivity index (χ3v) is 2.49. The van der Waals surface area contributed by atoms with Gasteiger partial charge in [-0.25, -0.2) is 4.98 Å². The molecule has 0 aliphatic rings. The second-order valence-electron chi connectivity index (χ2n) is 3.95. The van der Waals surface area contributed by atoms with Gasteiger partial charge in [-0.05, 0) is 18.6 Å². The zero-order chi connectivity index (χ0) is 13.8. The fourth-order valence-electron chi connectivity index (χ4n) is 1.49. The van der Waals surface area contributed by atoms with Crippen molar-refractivity contribution in [1.82, 2.24) is 4.98 Å². The van der Waals surface area contributed by atoms with Crippen molar-refractivity contribution in [2.24, 2.45) is 0 Å². The van der Waals surface area contributed by atoms with Crippen molar-refractivity contribution in [1.29, 1.82) is 5.26 Å². The first kappa shape index (κ1) is 14.3. The molecule has 0 N–H and O–H groups in total. The molecule has 0 bridgehead atoms. The smallest absolute Gasteiger partial charge is 0.359 e. The van der Waals surface area contributed by atoms with Gasteiger partial charge in [0.2, 0.25) is 0 Å². The highest BCUT2D eigenvalue weighted by Gasteiger charge is 2.33. The van der Waals surface area contributed by atoms with Crippen LogP contribution in [0.5, 0.6) is 0 Å². The van der Waals surface area contributed by atoms with Crippen LogP contribution in [0.1, 0.15) is 31.0 Å². The Morgan fingerprint density at radius 1 is 1.39 bits per heavy atom. The molecule has 1 aromatic heterocycles. The molecule has 0 radical (unpaired) electrons. The van der Waals surface area contributed by atoms with Crippen LogP contribution < -0.4 is 4.90 Å². The van der Waals surface area contributed by atoms with E-state index >= 15 is 0 Å². The fraction of sp³-hybridized carbons (Fsp3) is 0.500. The van der Waals surface area contributed by atoms with Crippen LogP contribution in [0.2, 0.25) is 0 Å². The molecule has 1 aromatic rings. The summed E-state index contributed by atoms with van der Waals surface area (Å²) < 4.78 is 37.7. The zero-order valence-corrected chi connectivity index (χ0v) is 10.3. The van der Waals surface area contributed by atoms with Gasteiger partial charge in [-0.1, -0.05) is 13.3 Å². The number of rotatable bonds is 4. The minimum atomic E-state index is -4.49. The molecular formula is C12H14F3N3. The van der Waals surface area contributed by atoms with Gasteiger partial charge in [0.1, 0.15) is 17.6 Å². The van der Waals surface area contributed by atoms with Crippen molar-refractivity contribution in [2.45, 2.75) is 25.9 Å². The van der Waals surface area contributed by atoms with Crippen LogP contribution in [0, 0.1) is 11.3 Å². The summed E-state index contributed by atoms with van der Waals surface area (Å²) in [6.07, 6.45) is -2.74. The van der Waals surface area contributed by atoms with Crippen LogP contribution in [0.3, 0.4) is 0 Å². The van der Waals surface area contributed by atoms with Crippen molar-refractivity contribution < 1.29 is 13.2 Å². The Morgan fingerprint density at radius 3 is 2.56 bits per heavy atom. The Hall–Kier alpha value is -1.77. The maximum Gasteiger partial charge on any atom is 0.433 e. The first-order chi connectivity index (χ1) is 8.40. The molecule has 98 valence electrons. The largest absolute Gasteiger partial charge is 0.433 e. The Kier molecular flexibility index (Phi) is 4.54. The van der Waals surface area contributed by atoms with E-state index in [0.717, 1.165) is 25.0 Å². The minimum absolute atomic E-state index is 0.0841. The Bertz CT molecular complexity index is 449. The Labute approximate surface area is 104 Å². The number of nitrogens with zero attached hydrogens (tertiary/aromatic N) is 3. The van der Waals surface area contributed by atoms with E-state index < -0.39 is 11.9 Å². The van der Waals surface area contributed by atoms with Crippen LogP contribution >= 0.6 is 0 Å². The molecule has 18 heavy (non-hydrogen) atoms. The Morgan fingerprint density at radius 2 is 2.06 bits per heavy atom. The van der Waals surface area contributed by atoms with E-state index in [-0.39, 0.29) is 11.4 Å². The van der Waals surface area contributed by atoms with E-state index in [1.165, 1.54) is 0 Å². The summed E-state index contributed by atoms with van der Waals surface area (Å²) >= 11 is 0. The van der Waals surface area contributed by atoms with Gasteiger partial charge in [-0.2, -0.15) is 18.4 Å². The molecule has 0 aliphatic heterocycles. The topological polar surface area (TPSA) is 39.9 Å². The lowest BCUT2D eigenvalue weighted by Gasteiger charge is -2.20. The monoisotopic (exact) mass is 257 g/mol. The normalized spacial score (nSPS) is 11.1. The molecule has 0 amide bonds. The van der Waals surface area contributed by atoms with E-state index in [0.29, 0.717) is 6.54 Å². The van der Waals surface area contributed by atoms with Gasteiger partial charge in [0.25, 0.3) is 0 Å². The second kappa shape index (κ2) is 5.71. The van der Waals surface area contributed by atoms with E-state index in [4.69, 9.17) is 5.26 Å². The highest BCUT2D eigenvalue weighted by molar-refractivity contribution is 5.54. The summed E-state index contributed by atoms with van der Waals surface area (Å²) in [7, 11) is 1.64. The zero-order valence-electron chi connectivity index (χ0n) is 10.3. The quantitative estimate of drug-likeness (QED) is 0.831. The molecule has 0 aliphatic carbocycles. The average molecular weight is 257 g/mol. The minimum Gasteiger partial charge on any atom is -0.359 e. The molecule has 3 nitrogen and oxygen atoms in total. The molecular weight excluding hydrogens is 243 g/mol. The van der Waals surface area contributed by atoms with Gasteiger partial charge in [-0.3, -0.25) is 0 Å². The van der Waals surface area contributed by atoms with Crippen molar-refractivity contribution in [3.05, 3.63) is 23.4 Å². The van der Waals surface area contributed by atoms with E-state index in [1.807, 2.05) is 13.0 Å². The molecule has 0 aromatic carbocycles. The molecule has 1 rings (SSSR count). The average Bonchev–Trinajstić information content (AvgIpc) is 2.34. The van der Waals surface area contributed by atoms with E-state index in [2.05, 4.69) is 4.98 Å². The number of aromatic nitrogens is 1. The van der Waals surface area contributed by atoms with Crippen LogP contribution in [0.25, 0.3) is 0 Å². The first-order valence-electron chi connectivity index (χ1n) is 5.59. The lowest BCUT2D eigenvalue weighted by atomic mass is 10.2. The van der Waals surface area contributed by atoms with Gasteiger partial charge in [0.15, 0.2) is 0 Å². The molecule has 0 unspecified atom stereocenters. The second-order valence-corrected chi connectivity index (χ2v) is 3.95. The van der Waals surface area contributed by atoms with Crippen molar-refractivity contribution >= 4 is 5.82 Å². The van der Waals surface area contributed by atoms with Crippen molar-refractivity contribution in [3.8, 4) is 6.07 Å².